The average molecular weight is 336 g/mol. The van der Waals surface area contributed by atoms with Crippen molar-refractivity contribution in [3.8, 4) is 0 Å². The van der Waals surface area contributed by atoms with Crippen LogP contribution in [0.15, 0.2) is 97.1 Å². The number of hydrogen-bond donors (Lipinski definition) is 0. The summed E-state index contributed by atoms with van der Waals surface area (Å²) in [7, 11) is 0. The first-order valence-electron chi connectivity index (χ1n) is 8.87. The largest absolute Gasteiger partial charge is 0.295 e. The van der Waals surface area contributed by atoms with Crippen molar-refractivity contribution in [1.29, 1.82) is 0 Å². The van der Waals surface area contributed by atoms with E-state index in [1.165, 1.54) is 27.5 Å². The molecule has 26 heavy (non-hydrogen) atoms. The lowest BCUT2D eigenvalue weighted by Crippen LogP contribution is -2.04. The normalized spacial score (nSPS) is 12.0. The molecule has 0 aromatic heterocycles. The van der Waals surface area contributed by atoms with E-state index < -0.39 is 0 Å². The molecule has 1 nitrogen and oxygen atoms in total. The lowest BCUT2D eigenvalue weighted by atomic mass is 9.84. The zero-order valence-electron chi connectivity index (χ0n) is 14.7. The maximum atomic E-state index is 11.6. The number of carbonyl (C=O) groups excluding carboxylic acids is 1. The molecular formula is C25H20O. The van der Waals surface area contributed by atoms with Crippen LogP contribution >= 0.6 is 0 Å². The van der Waals surface area contributed by atoms with E-state index in [1.807, 2.05) is 18.2 Å². The zero-order chi connectivity index (χ0) is 17.9. The van der Waals surface area contributed by atoms with Crippen LogP contribution in [-0.2, 0) is 0 Å². The van der Waals surface area contributed by atoms with Gasteiger partial charge < -0.3 is 0 Å². The highest BCUT2D eigenvalue weighted by atomic mass is 16.1. The summed E-state index contributed by atoms with van der Waals surface area (Å²) in [6, 6.07) is 33.6. The lowest BCUT2D eigenvalue weighted by Gasteiger charge is -2.20. The summed E-state index contributed by atoms with van der Waals surface area (Å²) < 4.78 is 0. The van der Waals surface area contributed by atoms with Crippen molar-refractivity contribution in [2.45, 2.75) is 12.8 Å². The Kier molecular flexibility index (Phi) is 4.37. The number of hydrogen-bond acceptors (Lipinski definition) is 1. The maximum absolute atomic E-state index is 11.6. The van der Waals surface area contributed by atoms with Crippen molar-refractivity contribution in [3.05, 3.63) is 119 Å². The third-order valence-electron chi connectivity index (χ3n) is 4.89. The predicted octanol–water partition coefficient (Wildman–Crippen LogP) is 6.22. The Bertz CT molecular complexity index is 1050. The van der Waals surface area contributed by atoms with Gasteiger partial charge in [-0.2, -0.15) is 0 Å². The first-order chi connectivity index (χ1) is 12.7. The molecule has 0 unspecified atom stereocenters. The Morgan fingerprint density at radius 3 is 1.88 bits per heavy atom. The number of ketones is 1. The van der Waals surface area contributed by atoms with Crippen molar-refractivity contribution in [2.24, 2.45) is 0 Å². The van der Waals surface area contributed by atoms with Crippen molar-refractivity contribution < 1.29 is 4.79 Å². The summed E-state index contributed by atoms with van der Waals surface area (Å²) in [4.78, 5) is 11.6. The van der Waals surface area contributed by atoms with Crippen molar-refractivity contribution in [3.63, 3.8) is 0 Å². The van der Waals surface area contributed by atoms with Crippen LogP contribution in [0.3, 0.4) is 0 Å². The van der Waals surface area contributed by atoms with E-state index in [-0.39, 0.29) is 11.7 Å². The molecule has 0 N–H and O–H groups in total. The van der Waals surface area contributed by atoms with E-state index in [0.29, 0.717) is 0 Å². The molecule has 0 bridgehead atoms. The zero-order valence-corrected chi connectivity index (χ0v) is 14.7. The molecule has 4 aromatic rings. The molecule has 0 aliphatic rings. The molecule has 0 aliphatic carbocycles. The molecule has 0 aliphatic heterocycles. The van der Waals surface area contributed by atoms with Crippen LogP contribution in [0.2, 0.25) is 0 Å². The third kappa shape index (κ3) is 3.16. The van der Waals surface area contributed by atoms with Gasteiger partial charge in [-0.05, 0) is 34.4 Å². The first-order valence-corrected chi connectivity index (χ1v) is 8.87. The molecule has 126 valence electrons. The van der Waals surface area contributed by atoms with Crippen LogP contribution in [0.4, 0.5) is 0 Å². The fourth-order valence-electron chi connectivity index (χ4n) is 3.52. The van der Waals surface area contributed by atoms with Gasteiger partial charge >= 0.3 is 0 Å². The van der Waals surface area contributed by atoms with Crippen LogP contribution in [0.5, 0.6) is 0 Å². The second-order valence-electron chi connectivity index (χ2n) is 6.63. The minimum atomic E-state index is 0.0958. The van der Waals surface area contributed by atoms with E-state index in [9.17, 15) is 4.79 Å². The van der Waals surface area contributed by atoms with Gasteiger partial charge in [-0.1, -0.05) is 97.1 Å². The van der Waals surface area contributed by atoms with E-state index >= 15 is 0 Å². The Balaban J connectivity index is 1.86. The quantitative estimate of drug-likeness (QED) is 0.319. The number of Topliss-reactive ketones (excluding diaryl/α,β-unsaturated/α-hetero) is 1. The van der Waals surface area contributed by atoms with E-state index in [0.717, 1.165) is 5.56 Å². The minimum Gasteiger partial charge on any atom is -0.295 e. The number of fused-ring (bicyclic) bond motifs is 1. The van der Waals surface area contributed by atoms with Gasteiger partial charge in [0.2, 0.25) is 0 Å². The summed E-state index contributed by atoms with van der Waals surface area (Å²) in [5, 5.41) is 2.49. The molecule has 0 radical (unpaired) electrons. The van der Waals surface area contributed by atoms with E-state index in [4.69, 9.17) is 0 Å². The van der Waals surface area contributed by atoms with Crippen LogP contribution in [-0.4, -0.2) is 5.78 Å². The molecule has 1 atom stereocenters. The fourth-order valence-corrected chi connectivity index (χ4v) is 3.52. The van der Waals surface area contributed by atoms with E-state index in [1.54, 1.807) is 6.92 Å². The summed E-state index contributed by atoms with van der Waals surface area (Å²) in [6.07, 6.45) is 0. The average Bonchev–Trinajstić information content (AvgIpc) is 2.69. The van der Waals surface area contributed by atoms with Crippen molar-refractivity contribution in [1.82, 2.24) is 0 Å². The molecule has 1 heteroatoms. The Morgan fingerprint density at radius 1 is 0.615 bits per heavy atom. The van der Waals surface area contributed by atoms with Gasteiger partial charge in [0.25, 0.3) is 0 Å². The van der Waals surface area contributed by atoms with Gasteiger partial charge in [0.05, 0.1) is 0 Å². The summed E-state index contributed by atoms with van der Waals surface area (Å²) in [5.74, 6) is 0.236. The highest BCUT2D eigenvalue weighted by molar-refractivity contribution is 5.94. The maximum Gasteiger partial charge on any atom is 0.159 e. The second kappa shape index (κ2) is 6.97. The molecule has 0 fully saturated rings. The van der Waals surface area contributed by atoms with Gasteiger partial charge in [0.1, 0.15) is 0 Å². The molecule has 0 heterocycles. The monoisotopic (exact) mass is 336 g/mol. The summed E-state index contributed by atoms with van der Waals surface area (Å²) in [6.45, 7) is 1.60. The molecule has 0 amide bonds. The first kappa shape index (κ1) is 16.3. The molecule has 0 spiro atoms. The fraction of sp³-hybridized carbons (Fsp3) is 0.0800. The molecule has 4 aromatic carbocycles. The van der Waals surface area contributed by atoms with Gasteiger partial charge in [-0.25, -0.2) is 0 Å². The number of carbonyl (C=O) groups is 1. The van der Waals surface area contributed by atoms with E-state index in [2.05, 4.69) is 78.9 Å². The topological polar surface area (TPSA) is 17.1 Å². The number of benzene rings is 4. The Hall–Kier alpha value is -3.19. The van der Waals surface area contributed by atoms with Gasteiger partial charge in [-0.3, -0.25) is 4.79 Å². The van der Waals surface area contributed by atoms with Gasteiger partial charge in [-0.15, -0.1) is 0 Å². The van der Waals surface area contributed by atoms with Crippen LogP contribution in [0.1, 0.15) is 39.9 Å². The van der Waals surface area contributed by atoms with Crippen molar-refractivity contribution in [2.75, 3.05) is 0 Å². The van der Waals surface area contributed by atoms with Crippen LogP contribution < -0.4 is 0 Å². The summed E-state index contributed by atoms with van der Waals surface area (Å²) in [5.41, 5.74) is 4.44. The lowest BCUT2D eigenvalue weighted by molar-refractivity contribution is 0.101. The SMILES string of the molecule is CC(=O)c1ccc([C@H](c2ccccc2)c2ccc3ccccc3c2)cc1. The Morgan fingerprint density at radius 2 is 1.19 bits per heavy atom. The highest BCUT2D eigenvalue weighted by Gasteiger charge is 2.17. The smallest absolute Gasteiger partial charge is 0.159 e. The van der Waals surface area contributed by atoms with Gasteiger partial charge in [0, 0.05) is 11.5 Å². The number of rotatable bonds is 4. The highest BCUT2D eigenvalue weighted by Crippen LogP contribution is 2.33. The Labute approximate surface area is 153 Å². The van der Waals surface area contributed by atoms with Crippen LogP contribution in [0, 0.1) is 0 Å². The minimum absolute atomic E-state index is 0.0958. The third-order valence-corrected chi connectivity index (χ3v) is 4.89. The molecule has 0 saturated heterocycles. The molecule has 4 rings (SSSR count). The summed E-state index contributed by atoms with van der Waals surface area (Å²) >= 11 is 0. The second-order valence-corrected chi connectivity index (χ2v) is 6.63. The molecule has 0 saturated carbocycles. The van der Waals surface area contributed by atoms with Gasteiger partial charge in [0.15, 0.2) is 5.78 Å². The molecular weight excluding hydrogens is 316 g/mol. The standard InChI is InChI=1S/C25H20O/c1-18(26)19-11-14-22(15-12-19)25(21-8-3-2-4-9-21)24-16-13-20-7-5-6-10-23(20)17-24/h2-17,25H,1H3/t25-/m0/s1. The van der Waals surface area contributed by atoms with Crippen molar-refractivity contribution >= 4 is 16.6 Å². The predicted molar refractivity (Wildman–Crippen MR) is 108 cm³/mol. The van der Waals surface area contributed by atoms with Crippen LogP contribution in [0.25, 0.3) is 10.8 Å².